The van der Waals surface area contributed by atoms with Gasteiger partial charge in [0, 0.05) is 19.5 Å². The number of nitrogens with zero attached hydrogens (tertiary/aromatic N) is 1. The van der Waals surface area contributed by atoms with Crippen LogP contribution in [0.3, 0.4) is 0 Å². The Morgan fingerprint density at radius 2 is 2.27 bits per heavy atom. The van der Waals surface area contributed by atoms with Crippen molar-refractivity contribution in [3.63, 3.8) is 0 Å². The number of hydrogen-bond donors (Lipinski definition) is 1. The standard InChI is InChI=1S/C12H20N2O/c1-3-4-5-6-9-13-10-12(15)14(2)11-7-8-11/h1,11,13H,4-10H2,2H3. The van der Waals surface area contributed by atoms with Crippen LogP contribution in [-0.2, 0) is 4.79 Å². The van der Waals surface area contributed by atoms with Crippen LogP contribution in [0, 0.1) is 12.3 Å². The van der Waals surface area contributed by atoms with E-state index in [1.165, 1.54) is 12.8 Å². The average molecular weight is 208 g/mol. The molecule has 0 aromatic heterocycles. The van der Waals surface area contributed by atoms with E-state index in [0.717, 1.165) is 25.8 Å². The van der Waals surface area contributed by atoms with Crippen molar-refractivity contribution in [1.29, 1.82) is 0 Å². The third-order valence-electron chi connectivity index (χ3n) is 2.69. The topological polar surface area (TPSA) is 32.3 Å². The Labute approximate surface area is 92.2 Å². The zero-order chi connectivity index (χ0) is 11.1. The van der Waals surface area contributed by atoms with Crippen molar-refractivity contribution in [2.45, 2.75) is 38.1 Å². The first-order valence-electron chi connectivity index (χ1n) is 5.65. The average Bonchev–Trinajstić information content (AvgIpc) is 3.05. The molecule has 1 amide bonds. The zero-order valence-corrected chi connectivity index (χ0v) is 9.46. The molecular formula is C12H20N2O. The predicted molar refractivity (Wildman–Crippen MR) is 61.3 cm³/mol. The Kier molecular flexibility index (Phi) is 5.20. The predicted octanol–water partition coefficient (Wildman–Crippen LogP) is 1.00. The Hall–Kier alpha value is -1.01. The molecule has 0 aromatic rings. The fraction of sp³-hybridized carbons (Fsp3) is 0.750. The van der Waals surface area contributed by atoms with Crippen molar-refractivity contribution in [3.05, 3.63) is 0 Å². The molecule has 1 N–H and O–H groups in total. The van der Waals surface area contributed by atoms with Gasteiger partial charge < -0.3 is 10.2 Å². The molecule has 1 aliphatic rings. The molecule has 0 heterocycles. The van der Waals surface area contributed by atoms with E-state index in [0.29, 0.717) is 12.6 Å². The zero-order valence-electron chi connectivity index (χ0n) is 9.46. The second-order valence-electron chi connectivity index (χ2n) is 4.07. The third-order valence-corrected chi connectivity index (χ3v) is 2.69. The molecule has 0 bridgehead atoms. The summed E-state index contributed by atoms with van der Waals surface area (Å²) >= 11 is 0. The molecule has 0 unspecified atom stereocenters. The lowest BCUT2D eigenvalue weighted by Gasteiger charge is -2.16. The minimum absolute atomic E-state index is 0.203. The highest BCUT2D eigenvalue weighted by molar-refractivity contribution is 5.78. The lowest BCUT2D eigenvalue weighted by Crippen LogP contribution is -2.37. The number of nitrogens with one attached hydrogen (secondary N) is 1. The minimum atomic E-state index is 0.203. The van der Waals surface area contributed by atoms with Gasteiger partial charge in [-0.3, -0.25) is 4.79 Å². The molecule has 0 aliphatic heterocycles. The fourth-order valence-corrected chi connectivity index (χ4v) is 1.46. The van der Waals surface area contributed by atoms with E-state index in [1.54, 1.807) is 0 Å². The lowest BCUT2D eigenvalue weighted by atomic mass is 10.2. The van der Waals surface area contributed by atoms with E-state index < -0.39 is 0 Å². The first kappa shape index (κ1) is 12.1. The quantitative estimate of drug-likeness (QED) is 0.500. The second kappa shape index (κ2) is 6.47. The molecule has 1 fully saturated rings. The SMILES string of the molecule is C#CCCCCNCC(=O)N(C)C1CC1. The van der Waals surface area contributed by atoms with E-state index in [2.05, 4.69) is 11.2 Å². The van der Waals surface area contributed by atoms with E-state index in [-0.39, 0.29) is 5.91 Å². The Morgan fingerprint density at radius 3 is 2.87 bits per heavy atom. The van der Waals surface area contributed by atoms with Crippen LogP contribution in [0.5, 0.6) is 0 Å². The number of carbonyl (C=O) groups excluding carboxylic acids is 1. The summed E-state index contributed by atoms with van der Waals surface area (Å²) in [5.41, 5.74) is 0. The maximum atomic E-state index is 11.5. The molecule has 0 atom stereocenters. The first-order chi connectivity index (χ1) is 7.25. The Morgan fingerprint density at radius 1 is 1.53 bits per heavy atom. The van der Waals surface area contributed by atoms with Crippen LogP contribution in [0.25, 0.3) is 0 Å². The van der Waals surface area contributed by atoms with Crippen LogP contribution >= 0.6 is 0 Å². The first-order valence-corrected chi connectivity index (χ1v) is 5.65. The van der Waals surface area contributed by atoms with Crippen LogP contribution in [0.15, 0.2) is 0 Å². The number of hydrogen-bond acceptors (Lipinski definition) is 2. The molecular weight excluding hydrogens is 188 g/mol. The van der Waals surface area contributed by atoms with Crippen molar-refractivity contribution < 1.29 is 4.79 Å². The summed E-state index contributed by atoms with van der Waals surface area (Å²) in [4.78, 5) is 13.4. The van der Waals surface area contributed by atoms with E-state index >= 15 is 0 Å². The molecule has 1 saturated carbocycles. The summed E-state index contributed by atoms with van der Waals surface area (Å²) in [6, 6.07) is 0.515. The molecule has 15 heavy (non-hydrogen) atoms. The van der Waals surface area contributed by atoms with Gasteiger partial charge >= 0.3 is 0 Å². The molecule has 1 rings (SSSR count). The van der Waals surface area contributed by atoms with Crippen molar-refractivity contribution in [2.24, 2.45) is 0 Å². The van der Waals surface area contributed by atoms with Gasteiger partial charge in [-0.25, -0.2) is 0 Å². The fourth-order valence-electron chi connectivity index (χ4n) is 1.46. The normalized spacial score (nSPS) is 14.7. The molecule has 84 valence electrons. The summed E-state index contributed by atoms with van der Waals surface area (Å²) in [5, 5.41) is 3.15. The molecule has 3 nitrogen and oxygen atoms in total. The number of terminal acetylenes is 1. The molecule has 3 heteroatoms. The van der Waals surface area contributed by atoms with Gasteiger partial charge in [0.1, 0.15) is 0 Å². The summed E-state index contributed by atoms with van der Waals surface area (Å²) < 4.78 is 0. The van der Waals surface area contributed by atoms with Crippen molar-refractivity contribution in [3.8, 4) is 12.3 Å². The van der Waals surface area contributed by atoms with Gasteiger partial charge in [-0.2, -0.15) is 0 Å². The number of rotatable bonds is 7. The van der Waals surface area contributed by atoms with Crippen LogP contribution in [0.4, 0.5) is 0 Å². The van der Waals surface area contributed by atoms with Crippen molar-refractivity contribution >= 4 is 5.91 Å². The van der Waals surface area contributed by atoms with Gasteiger partial charge in [-0.05, 0) is 32.2 Å². The molecule has 1 aliphatic carbocycles. The summed E-state index contributed by atoms with van der Waals surface area (Å²) in [6.45, 7) is 1.34. The summed E-state index contributed by atoms with van der Waals surface area (Å²) in [5.74, 6) is 2.81. The maximum absolute atomic E-state index is 11.5. The van der Waals surface area contributed by atoms with E-state index in [4.69, 9.17) is 6.42 Å². The molecule has 0 radical (unpaired) electrons. The number of carbonyl (C=O) groups is 1. The van der Waals surface area contributed by atoms with Gasteiger partial charge in [0.05, 0.1) is 6.54 Å². The number of likely N-dealkylation sites (N-methyl/N-ethyl adjacent to an activating group) is 1. The van der Waals surface area contributed by atoms with E-state index in [1.807, 2.05) is 11.9 Å². The van der Waals surface area contributed by atoms with E-state index in [9.17, 15) is 4.79 Å². The highest BCUT2D eigenvalue weighted by atomic mass is 16.2. The largest absolute Gasteiger partial charge is 0.342 e. The van der Waals surface area contributed by atoms with Crippen LogP contribution in [0.2, 0.25) is 0 Å². The summed E-state index contributed by atoms with van der Waals surface area (Å²) in [7, 11) is 1.89. The van der Waals surface area contributed by atoms with Crippen molar-refractivity contribution in [2.75, 3.05) is 20.1 Å². The lowest BCUT2D eigenvalue weighted by molar-refractivity contribution is -0.129. The highest BCUT2D eigenvalue weighted by Crippen LogP contribution is 2.24. The van der Waals surface area contributed by atoms with Gasteiger partial charge in [-0.1, -0.05) is 0 Å². The molecule has 0 saturated heterocycles. The Bertz CT molecular complexity index is 240. The monoisotopic (exact) mass is 208 g/mol. The van der Waals surface area contributed by atoms with Crippen LogP contribution < -0.4 is 5.32 Å². The highest BCUT2D eigenvalue weighted by Gasteiger charge is 2.28. The van der Waals surface area contributed by atoms with Gasteiger partial charge in [0.15, 0.2) is 0 Å². The van der Waals surface area contributed by atoms with Gasteiger partial charge in [0.2, 0.25) is 5.91 Å². The number of unbranched alkanes of at least 4 members (excludes halogenated alkanes) is 2. The van der Waals surface area contributed by atoms with Crippen LogP contribution in [-0.4, -0.2) is 37.0 Å². The van der Waals surface area contributed by atoms with Crippen molar-refractivity contribution in [1.82, 2.24) is 10.2 Å². The van der Waals surface area contributed by atoms with Gasteiger partial charge in [-0.15, -0.1) is 12.3 Å². The molecule has 0 spiro atoms. The third kappa shape index (κ3) is 4.85. The maximum Gasteiger partial charge on any atom is 0.236 e. The second-order valence-corrected chi connectivity index (χ2v) is 4.07. The number of amides is 1. The Balaban J connectivity index is 1.95. The van der Waals surface area contributed by atoms with Gasteiger partial charge in [0.25, 0.3) is 0 Å². The molecule has 0 aromatic carbocycles. The summed E-state index contributed by atoms with van der Waals surface area (Å²) in [6.07, 6.45) is 10.4. The smallest absolute Gasteiger partial charge is 0.236 e. The minimum Gasteiger partial charge on any atom is -0.342 e. The van der Waals surface area contributed by atoms with Crippen LogP contribution in [0.1, 0.15) is 32.1 Å².